The Morgan fingerprint density at radius 3 is 2.47 bits per heavy atom. The van der Waals surface area contributed by atoms with E-state index in [-0.39, 0.29) is 0 Å². The minimum absolute atomic E-state index is 0.501. The standard InChI is InChI=1S/C9H11BrN2O2S/c1-11-6-7-12(15(11,13)14)9-5-3-2-4-8(9)10/h2-5H,6-7H2,1H3. The maximum Gasteiger partial charge on any atom is 0.303 e. The van der Waals surface area contributed by atoms with Crippen LogP contribution in [0.15, 0.2) is 28.7 Å². The maximum absolute atomic E-state index is 11.9. The molecule has 1 saturated heterocycles. The minimum Gasteiger partial charge on any atom is -0.255 e. The van der Waals surface area contributed by atoms with E-state index in [2.05, 4.69) is 15.9 Å². The molecule has 82 valence electrons. The lowest BCUT2D eigenvalue weighted by Gasteiger charge is -2.18. The van der Waals surface area contributed by atoms with E-state index in [4.69, 9.17) is 0 Å². The summed E-state index contributed by atoms with van der Waals surface area (Å²) in [5.74, 6) is 0. The Bertz CT molecular complexity index is 475. The van der Waals surface area contributed by atoms with E-state index in [0.29, 0.717) is 18.8 Å². The van der Waals surface area contributed by atoms with Crippen molar-refractivity contribution in [2.45, 2.75) is 0 Å². The largest absolute Gasteiger partial charge is 0.303 e. The molecule has 0 aromatic heterocycles. The molecule has 0 spiro atoms. The van der Waals surface area contributed by atoms with Gasteiger partial charge in [-0.1, -0.05) is 12.1 Å². The van der Waals surface area contributed by atoms with Gasteiger partial charge in [0.15, 0.2) is 0 Å². The summed E-state index contributed by atoms with van der Waals surface area (Å²) in [6.07, 6.45) is 0. The highest BCUT2D eigenvalue weighted by atomic mass is 79.9. The summed E-state index contributed by atoms with van der Waals surface area (Å²) >= 11 is 3.35. The fourth-order valence-electron chi connectivity index (χ4n) is 1.53. The van der Waals surface area contributed by atoms with Crippen molar-refractivity contribution in [2.75, 3.05) is 24.4 Å². The topological polar surface area (TPSA) is 40.6 Å². The number of nitrogens with zero attached hydrogens (tertiary/aromatic N) is 2. The fraction of sp³-hybridized carbons (Fsp3) is 0.333. The highest BCUT2D eigenvalue weighted by Gasteiger charge is 2.34. The molecule has 1 aliphatic rings. The second kappa shape index (κ2) is 3.77. The van der Waals surface area contributed by atoms with Crippen LogP contribution in [0.2, 0.25) is 0 Å². The minimum atomic E-state index is -3.30. The number of benzene rings is 1. The lowest BCUT2D eigenvalue weighted by atomic mass is 10.3. The van der Waals surface area contributed by atoms with Gasteiger partial charge in [-0.2, -0.15) is 12.7 Å². The van der Waals surface area contributed by atoms with Gasteiger partial charge in [-0.3, -0.25) is 4.31 Å². The molecule has 2 rings (SSSR count). The molecule has 0 radical (unpaired) electrons. The molecule has 0 aliphatic carbocycles. The average molecular weight is 291 g/mol. The number of hydrogen-bond donors (Lipinski definition) is 0. The number of likely N-dealkylation sites (N-methyl/N-ethyl adjacent to an activating group) is 1. The zero-order valence-electron chi connectivity index (χ0n) is 8.22. The van der Waals surface area contributed by atoms with E-state index in [1.165, 1.54) is 8.61 Å². The maximum atomic E-state index is 11.9. The molecule has 1 heterocycles. The second-order valence-electron chi connectivity index (χ2n) is 3.35. The zero-order valence-corrected chi connectivity index (χ0v) is 10.6. The predicted molar refractivity (Wildman–Crippen MR) is 63.0 cm³/mol. The first kappa shape index (κ1) is 10.9. The third kappa shape index (κ3) is 1.77. The van der Waals surface area contributed by atoms with Gasteiger partial charge in [0.05, 0.1) is 5.69 Å². The van der Waals surface area contributed by atoms with E-state index in [0.717, 1.165) is 4.47 Å². The summed E-state index contributed by atoms with van der Waals surface area (Å²) in [6, 6.07) is 7.32. The molecule has 0 amide bonds. The normalized spacial score (nSPS) is 20.8. The van der Waals surface area contributed by atoms with Crippen LogP contribution in [0.4, 0.5) is 5.69 Å². The van der Waals surface area contributed by atoms with E-state index in [9.17, 15) is 8.42 Å². The van der Waals surface area contributed by atoms with Crippen molar-refractivity contribution in [1.29, 1.82) is 0 Å². The molecule has 1 aromatic rings. The summed E-state index contributed by atoms with van der Waals surface area (Å²) in [5.41, 5.74) is 0.696. The van der Waals surface area contributed by atoms with Crippen molar-refractivity contribution < 1.29 is 8.42 Å². The molecule has 0 atom stereocenters. The molecule has 4 nitrogen and oxygen atoms in total. The molecular weight excluding hydrogens is 280 g/mol. The lowest BCUT2D eigenvalue weighted by Crippen LogP contribution is -2.30. The quantitative estimate of drug-likeness (QED) is 0.785. The van der Waals surface area contributed by atoms with E-state index in [1.54, 1.807) is 13.1 Å². The van der Waals surface area contributed by atoms with Crippen LogP contribution in [0.25, 0.3) is 0 Å². The monoisotopic (exact) mass is 290 g/mol. The molecule has 0 N–H and O–H groups in total. The molecule has 15 heavy (non-hydrogen) atoms. The summed E-state index contributed by atoms with van der Waals surface area (Å²) in [5, 5.41) is 0. The van der Waals surface area contributed by atoms with Gasteiger partial charge in [0.1, 0.15) is 0 Å². The van der Waals surface area contributed by atoms with Gasteiger partial charge in [0.25, 0.3) is 0 Å². The van der Waals surface area contributed by atoms with Gasteiger partial charge in [-0.25, -0.2) is 0 Å². The first-order chi connectivity index (χ1) is 7.03. The van der Waals surface area contributed by atoms with Crippen LogP contribution in [0, 0.1) is 0 Å². The number of hydrogen-bond acceptors (Lipinski definition) is 2. The summed E-state index contributed by atoms with van der Waals surface area (Å²) in [6.45, 7) is 1.03. The molecule has 6 heteroatoms. The van der Waals surface area contributed by atoms with Gasteiger partial charge < -0.3 is 0 Å². The lowest BCUT2D eigenvalue weighted by molar-refractivity contribution is 0.511. The van der Waals surface area contributed by atoms with Gasteiger partial charge in [0.2, 0.25) is 0 Å². The Hall–Kier alpha value is -0.590. The highest BCUT2D eigenvalue weighted by molar-refractivity contribution is 9.10. The second-order valence-corrected chi connectivity index (χ2v) is 6.17. The number of halogens is 1. The van der Waals surface area contributed by atoms with Gasteiger partial charge in [-0.15, -0.1) is 0 Å². The Labute approximate surface area is 97.8 Å². The number of rotatable bonds is 1. The molecule has 1 aromatic carbocycles. The third-order valence-electron chi connectivity index (χ3n) is 2.41. The molecule has 0 unspecified atom stereocenters. The SMILES string of the molecule is CN1CCN(c2ccccc2Br)S1(=O)=O. The predicted octanol–water partition coefficient (Wildman–Crippen LogP) is 1.45. The van der Waals surface area contributed by atoms with Crippen LogP contribution in [0.1, 0.15) is 0 Å². The molecular formula is C9H11BrN2O2S. The van der Waals surface area contributed by atoms with Crippen LogP contribution in [0.5, 0.6) is 0 Å². The molecule has 0 bridgehead atoms. The molecule has 1 aliphatic heterocycles. The first-order valence-corrected chi connectivity index (χ1v) is 6.71. The number of para-hydroxylation sites is 1. The highest BCUT2D eigenvalue weighted by Crippen LogP contribution is 2.30. The summed E-state index contributed by atoms with van der Waals surface area (Å²) in [7, 11) is -1.72. The van der Waals surface area contributed by atoms with E-state index >= 15 is 0 Å². The Morgan fingerprint density at radius 1 is 1.27 bits per heavy atom. The van der Waals surface area contributed by atoms with Gasteiger partial charge >= 0.3 is 10.2 Å². The third-order valence-corrected chi connectivity index (χ3v) is 4.99. The number of anilines is 1. The van der Waals surface area contributed by atoms with Gasteiger partial charge in [-0.05, 0) is 28.1 Å². The zero-order chi connectivity index (χ0) is 11.1. The summed E-state index contributed by atoms with van der Waals surface area (Å²) < 4.78 is 27.3. The Morgan fingerprint density at radius 2 is 1.93 bits per heavy atom. The van der Waals surface area contributed by atoms with Crippen molar-refractivity contribution in [3.8, 4) is 0 Å². The smallest absolute Gasteiger partial charge is 0.255 e. The summed E-state index contributed by atoms with van der Waals surface area (Å²) in [4.78, 5) is 0. The van der Waals surface area contributed by atoms with Gasteiger partial charge in [0, 0.05) is 24.6 Å². The first-order valence-electron chi connectivity index (χ1n) is 4.52. The Kier molecular flexibility index (Phi) is 2.74. The fourth-order valence-corrected chi connectivity index (χ4v) is 3.51. The molecule has 1 fully saturated rings. The van der Waals surface area contributed by atoms with Crippen molar-refractivity contribution >= 4 is 31.8 Å². The van der Waals surface area contributed by atoms with E-state index in [1.807, 2.05) is 18.2 Å². The van der Waals surface area contributed by atoms with Crippen LogP contribution in [-0.2, 0) is 10.2 Å². The van der Waals surface area contributed by atoms with Crippen molar-refractivity contribution in [3.63, 3.8) is 0 Å². The van der Waals surface area contributed by atoms with Crippen molar-refractivity contribution in [3.05, 3.63) is 28.7 Å². The van der Waals surface area contributed by atoms with Crippen LogP contribution in [0.3, 0.4) is 0 Å². The van der Waals surface area contributed by atoms with Crippen LogP contribution in [-0.4, -0.2) is 32.9 Å². The van der Waals surface area contributed by atoms with Crippen LogP contribution < -0.4 is 4.31 Å². The van der Waals surface area contributed by atoms with Crippen molar-refractivity contribution in [1.82, 2.24) is 4.31 Å². The van der Waals surface area contributed by atoms with Crippen molar-refractivity contribution in [2.24, 2.45) is 0 Å². The Balaban J connectivity index is 2.46. The van der Waals surface area contributed by atoms with Crippen LogP contribution >= 0.6 is 15.9 Å². The molecule has 0 saturated carbocycles. The van der Waals surface area contributed by atoms with E-state index < -0.39 is 10.2 Å². The average Bonchev–Trinajstić information content (AvgIpc) is 2.44.